The van der Waals surface area contributed by atoms with Gasteiger partial charge in [-0.3, -0.25) is 19.3 Å². The molecule has 3 amide bonds. The van der Waals surface area contributed by atoms with Crippen LogP contribution in [0, 0.1) is 5.82 Å². The van der Waals surface area contributed by atoms with Crippen LogP contribution in [-0.2, 0) is 26.3 Å². The highest BCUT2D eigenvalue weighted by atomic mass is 32.2. The van der Waals surface area contributed by atoms with Crippen LogP contribution in [0.2, 0.25) is 0 Å². The van der Waals surface area contributed by atoms with E-state index in [0.717, 1.165) is 16.7 Å². The van der Waals surface area contributed by atoms with Gasteiger partial charge in [0.2, 0.25) is 5.91 Å². The number of halogens is 1. The van der Waals surface area contributed by atoms with Crippen LogP contribution in [0.1, 0.15) is 18.1 Å². The zero-order valence-corrected chi connectivity index (χ0v) is 21.8. The number of amides is 3. The second-order valence-electron chi connectivity index (χ2n) is 8.05. The summed E-state index contributed by atoms with van der Waals surface area (Å²) in [6, 6.07) is 15.3. The summed E-state index contributed by atoms with van der Waals surface area (Å²) in [5.74, 6) is -1.26. The minimum atomic E-state index is -4.28. The zero-order valence-electron chi connectivity index (χ0n) is 20.1. The molecule has 3 aromatic carbocycles. The molecule has 1 aliphatic heterocycles. The molecule has 0 bridgehead atoms. The predicted octanol–water partition coefficient (Wildman–Crippen LogP) is 4.80. The van der Waals surface area contributed by atoms with Gasteiger partial charge in [0.05, 0.1) is 18.6 Å². The fourth-order valence-corrected chi connectivity index (χ4v) is 5.25. The summed E-state index contributed by atoms with van der Waals surface area (Å²) >= 11 is 0.735. The lowest BCUT2D eigenvalue weighted by Gasteiger charge is -2.13. The van der Waals surface area contributed by atoms with Crippen molar-refractivity contribution in [2.75, 3.05) is 12.4 Å². The Kier molecular flexibility index (Phi) is 7.83. The van der Waals surface area contributed by atoms with Gasteiger partial charge in [0.25, 0.3) is 11.1 Å². The summed E-state index contributed by atoms with van der Waals surface area (Å²) < 4.78 is 49.5. The number of anilines is 1. The zero-order chi connectivity index (χ0) is 27.4. The lowest BCUT2D eigenvalue weighted by Crippen LogP contribution is -2.27. The summed E-state index contributed by atoms with van der Waals surface area (Å²) in [6.45, 7) is 1.32. The predicted molar refractivity (Wildman–Crippen MR) is 139 cm³/mol. The van der Waals surface area contributed by atoms with Crippen LogP contribution in [0.3, 0.4) is 0 Å². The molecule has 0 aromatic heterocycles. The van der Waals surface area contributed by atoms with Crippen LogP contribution in [0.4, 0.5) is 14.9 Å². The van der Waals surface area contributed by atoms with E-state index in [-0.39, 0.29) is 33.8 Å². The maximum atomic E-state index is 13.2. The molecule has 38 heavy (non-hydrogen) atoms. The van der Waals surface area contributed by atoms with E-state index in [4.69, 9.17) is 8.92 Å². The number of benzene rings is 3. The van der Waals surface area contributed by atoms with Gasteiger partial charge >= 0.3 is 10.1 Å². The molecule has 1 N–H and O–H groups in total. The lowest BCUT2D eigenvalue weighted by atomic mass is 10.1. The highest BCUT2D eigenvalue weighted by Crippen LogP contribution is 2.36. The molecule has 9 nitrogen and oxygen atoms in total. The molecule has 0 spiro atoms. The average molecular weight is 557 g/mol. The number of ether oxygens (including phenoxy) is 1. The SMILES string of the molecule is COc1ccc(/C=C2\SC(=O)N(Cc3ccc(F)cc3)C2=O)cc1OS(=O)(=O)c1ccc(NC(C)=O)cc1. The highest BCUT2D eigenvalue weighted by Gasteiger charge is 2.35. The fourth-order valence-electron chi connectivity index (χ4n) is 3.48. The molecule has 196 valence electrons. The average Bonchev–Trinajstić information content (AvgIpc) is 3.12. The number of methoxy groups -OCH3 is 1. The molecule has 0 saturated carbocycles. The van der Waals surface area contributed by atoms with Crippen LogP contribution in [0.25, 0.3) is 6.08 Å². The number of nitrogens with one attached hydrogen (secondary N) is 1. The third kappa shape index (κ3) is 6.21. The highest BCUT2D eigenvalue weighted by molar-refractivity contribution is 8.18. The normalized spacial score (nSPS) is 14.6. The van der Waals surface area contributed by atoms with E-state index in [1.165, 1.54) is 80.8 Å². The quantitative estimate of drug-likeness (QED) is 0.311. The Morgan fingerprint density at radius 1 is 1.03 bits per heavy atom. The van der Waals surface area contributed by atoms with Gasteiger partial charge in [-0.15, -0.1) is 0 Å². The monoisotopic (exact) mass is 556 g/mol. The molecule has 0 atom stereocenters. The van der Waals surface area contributed by atoms with Crippen molar-refractivity contribution >= 4 is 50.7 Å². The molecule has 3 aromatic rings. The number of hydrogen-bond acceptors (Lipinski definition) is 8. The number of hydrogen-bond donors (Lipinski definition) is 1. The first kappa shape index (κ1) is 26.9. The van der Waals surface area contributed by atoms with E-state index >= 15 is 0 Å². The first-order valence-corrected chi connectivity index (χ1v) is 13.3. The molecular formula is C26H21FN2O7S2. The van der Waals surface area contributed by atoms with Gasteiger partial charge in [-0.25, -0.2) is 4.39 Å². The minimum absolute atomic E-state index is 0.0156. The van der Waals surface area contributed by atoms with Crippen molar-refractivity contribution in [2.45, 2.75) is 18.4 Å². The van der Waals surface area contributed by atoms with Gasteiger partial charge in [-0.05, 0) is 77.5 Å². The van der Waals surface area contributed by atoms with Gasteiger partial charge in [0, 0.05) is 12.6 Å². The first-order valence-electron chi connectivity index (χ1n) is 11.1. The Morgan fingerprint density at radius 2 is 1.71 bits per heavy atom. The van der Waals surface area contributed by atoms with E-state index in [1.807, 2.05) is 0 Å². The Labute approximate surface area is 222 Å². The standard InChI is InChI=1S/C26H21FN2O7S2/c1-16(30)28-20-8-10-21(11-9-20)38(33,34)36-23-13-18(5-12-22(23)35-2)14-24-25(31)29(26(32)37-24)15-17-3-6-19(27)7-4-17/h3-14H,15H2,1-2H3,(H,28,30)/b24-14-. The Bertz CT molecular complexity index is 1540. The summed E-state index contributed by atoms with van der Waals surface area (Å²) in [5, 5.41) is 2.06. The van der Waals surface area contributed by atoms with E-state index in [0.29, 0.717) is 16.8 Å². The Hall–Kier alpha value is -4.16. The summed E-state index contributed by atoms with van der Waals surface area (Å²) in [5.41, 5.74) is 1.40. The van der Waals surface area contributed by atoms with E-state index in [9.17, 15) is 27.2 Å². The number of rotatable bonds is 8. The number of imide groups is 1. The first-order chi connectivity index (χ1) is 18.1. The molecule has 0 unspecified atom stereocenters. The van der Waals surface area contributed by atoms with Crippen LogP contribution in [0.5, 0.6) is 11.5 Å². The third-order valence-corrected chi connectivity index (χ3v) is 7.43. The van der Waals surface area contributed by atoms with E-state index in [2.05, 4.69) is 5.32 Å². The largest absolute Gasteiger partial charge is 0.493 e. The van der Waals surface area contributed by atoms with Gasteiger partial charge in [0.1, 0.15) is 10.7 Å². The Balaban J connectivity index is 1.56. The second kappa shape index (κ2) is 11.1. The van der Waals surface area contributed by atoms with Crippen LogP contribution >= 0.6 is 11.8 Å². The van der Waals surface area contributed by atoms with Gasteiger partial charge < -0.3 is 14.2 Å². The van der Waals surface area contributed by atoms with Crippen molar-refractivity contribution in [1.82, 2.24) is 4.90 Å². The summed E-state index contributed by atoms with van der Waals surface area (Å²) in [4.78, 5) is 37.5. The van der Waals surface area contributed by atoms with Crippen molar-refractivity contribution in [3.8, 4) is 11.5 Å². The number of nitrogens with zero attached hydrogens (tertiary/aromatic N) is 1. The molecule has 1 aliphatic rings. The Morgan fingerprint density at radius 3 is 2.34 bits per heavy atom. The second-order valence-corrected chi connectivity index (χ2v) is 10.6. The van der Waals surface area contributed by atoms with Crippen LogP contribution in [0.15, 0.2) is 76.5 Å². The van der Waals surface area contributed by atoms with Crippen molar-refractivity contribution in [2.24, 2.45) is 0 Å². The molecule has 0 radical (unpaired) electrons. The molecule has 1 fully saturated rings. The van der Waals surface area contributed by atoms with Crippen LogP contribution < -0.4 is 14.2 Å². The number of thioether (sulfide) groups is 1. The molecule has 12 heteroatoms. The van der Waals surface area contributed by atoms with E-state index < -0.39 is 27.1 Å². The van der Waals surface area contributed by atoms with E-state index in [1.54, 1.807) is 6.07 Å². The van der Waals surface area contributed by atoms with Crippen molar-refractivity contribution < 1.29 is 36.1 Å². The van der Waals surface area contributed by atoms with Crippen molar-refractivity contribution in [3.05, 3.63) is 88.6 Å². The number of carbonyl (C=O) groups is 3. The van der Waals surface area contributed by atoms with Crippen molar-refractivity contribution in [1.29, 1.82) is 0 Å². The smallest absolute Gasteiger partial charge is 0.339 e. The van der Waals surface area contributed by atoms with Crippen LogP contribution in [-0.4, -0.2) is 37.5 Å². The molecule has 4 rings (SSSR count). The molecular weight excluding hydrogens is 535 g/mol. The number of carbonyl (C=O) groups excluding carboxylic acids is 3. The maximum Gasteiger partial charge on any atom is 0.339 e. The minimum Gasteiger partial charge on any atom is -0.493 e. The third-order valence-electron chi connectivity index (χ3n) is 5.28. The fraction of sp³-hybridized carbons (Fsp3) is 0.115. The van der Waals surface area contributed by atoms with Gasteiger partial charge in [-0.2, -0.15) is 8.42 Å². The molecule has 1 saturated heterocycles. The van der Waals surface area contributed by atoms with Gasteiger partial charge in [-0.1, -0.05) is 18.2 Å². The topological polar surface area (TPSA) is 119 Å². The summed E-state index contributed by atoms with van der Waals surface area (Å²) in [7, 11) is -2.93. The maximum absolute atomic E-state index is 13.2. The summed E-state index contributed by atoms with van der Waals surface area (Å²) in [6.07, 6.45) is 1.44. The molecule has 1 heterocycles. The van der Waals surface area contributed by atoms with Gasteiger partial charge in [0.15, 0.2) is 11.5 Å². The lowest BCUT2D eigenvalue weighted by molar-refractivity contribution is -0.123. The molecule has 0 aliphatic carbocycles. The van der Waals surface area contributed by atoms with Crippen molar-refractivity contribution in [3.63, 3.8) is 0 Å².